The fourth-order valence-electron chi connectivity index (χ4n) is 0.762. The summed E-state index contributed by atoms with van der Waals surface area (Å²) < 4.78 is 0. The third-order valence-corrected chi connectivity index (χ3v) is 1.97. The first-order valence-corrected chi connectivity index (χ1v) is 3.85. The number of hydrogen-bond donors (Lipinski definition) is 0. The van der Waals surface area contributed by atoms with E-state index in [4.69, 9.17) is 28.5 Å². The highest BCUT2D eigenvalue weighted by Crippen LogP contribution is 2.30. The standard InChI is InChI=1S/C7H2Cl2N2O2/c8-5-2-7(11(12)13)6(9)1-4(5)3-10/h1-2H. The number of rotatable bonds is 1. The third-order valence-electron chi connectivity index (χ3n) is 1.35. The molecule has 66 valence electrons. The first-order valence-electron chi connectivity index (χ1n) is 3.10. The molecule has 0 amide bonds. The number of nitriles is 1. The molecule has 1 rings (SSSR count). The Bertz CT molecular complexity index is 412. The van der Waals surface area contributed by atoms with Crippen molar-refractivity contribution in [2.24, 2.45) is 0 Å². The predicted octanol–water partition coefficient (Wildman–Crippen LogP) is 2.77. The molecule has 0 unspecified atom stereocenters. The van der Waals surface area contributed by atoms with Gasteiger partial charge < -0.3 is 0 Å². The van der Waals surface area contributed by atoms with Crippen LogP contribution in [0.1, 0.15) is 5.56 Å². The van der Waals surface area contributed by atoms with E-state index in [9.17, 15) is 10.1 Å². The molecule has 1 aromatic carbocycles. The van der Waals surface area contributed by atoms with Crippen LogP contribution in [0.2, 0.25) is 10.0 Å². The molecular weight excluding hydrogens is 215 g/mol. The summed E-state index contributed by atoms with van der Waals surface area (Å²) in [6, 6.07) is 3.99. The minimum absolute atomic E-state index is 0.0265. The van der Waals surface area contributed by atoms with E-state index < -0.39 is 4.92 Å². The lowest BCUT2D eigenvalue weighted by Crippen LogP contribution is -1.90. The molecule has 0 atom stereocenters. The number of nitro groups is 1. The molecule has 4 nitrogen and oxygen atoms in total. The molecule has 0 radical (unpaired) electrons. The molecule has 0 aliphatic carbocycles. The van der Waals surface area contributed by atoms with Crippen molar-refractivity contribution in [2.45, 2.75) is 0 Å². The topological polar surface area (TPSA) is 66.9 Å². The Morgan fingerprint density at radius 3 is 2.46 bits per heavy atom. The molecule has 0 heterocycles. The van der Waals surface area contributed by atoms with E-state index in [1.165, 1.54) is 6.07 Å². The van der Waals surface area contributed by atoms with Crippen molar-refractivity contribution in [2.75, 3.05) is 0 Å². The lowest BCUT2D eigenvalue weighted by molar-refractivity contribution is -0.384. The van der Waals surface area contributed by atoms with E-state index >= 15 is 0 Å². The van der Waals surface area contributed by atoms with Crippen LogP contribution in [-0.2, 0) is 0 Å². The first-order chi connectivity index (χ1) is 6.06. The van der Waals surface area contributed by atoms with Crippen molar-refractivity contribution < 1.29 is 4.92 Å². The molecule has 6 heteroatoms. The molecule has 0 bridgehead atoms. The molecule has 0 fully saturated rings. The van der Waals surface area contributed by atoms with Crippen LogP contribution in [0.15, 0.2) is 12.1 Å². The van der Waals surface area contributed by atoms with Gasteiger partial charge in [-0.1, -0.05) is 23.2 Å². The van der Waals surface area contributed by atoms with Gasteiger partial charge in [0.05, 0.1) is 15.5 Å². The van der Waals surface area contributed by atoms with Crippen LogP contribution in [0.4, 0.5) is 5.69 Å². The van der Waals surface area contributed by atoms with Gasteiger partial charge in [0.1, 0.15) is 11.1 Å². The molecule has 0 saturated carbocycles. The highest BCUT2D eigenvalue weighted by Gasteiger charge is 2.15. The fraction of sp³-hybridized carbons (Fsp3) is 0. The predicted molar refractivity (Wildman–Crippen MR) is 47.8 cm³/mol. The largest absolute Gasteiger partial charge is 0.289 e. The van der Waals surface area contributed by atoms with Gasteiger partial charge >= 0.3 is 0 Å². The SMILES string of the molecule is N#Cc1cc(Cl)c([N+](=O)[O-])cc1Cl. The van der Waals surface area contributed by atoms with E-state index in [0.717, 1.165) is 6.07 Å². The highest BCUT2D eigenvalue weighted by molar-refractivity contribution is 6.35. The Morgan fingerprint density at radius 2 is 2.00 bits per heavy atom. The zero-order valence-electron chi connectivity index (χ0n) is 6.12. The van der Waals surface area contributed by atoms with Crippen LogP contribution in [0.3, 0.4) is 0 Å². The van der Waals surface area contributed by atoms with E-state index in [1.54, 1.807) is 6.07 Å². The van der Waals surface area contributed by atoms with E-state index in [1.807, 2.05) is 0 Å². The lowest BCUT2D eigenvalue weighted by Gasteiger charge is -1.97. The Labute approximate surface area is 83.4 Å². The second kappa shape index (κ2) is 3.60. The number of nitrogens with zero attached hydrogens (tertiary/aromatic N) is 2. The summed E-state index contributed by atoms with van der Waals surface area (Å²) in [4.78, 5) is 9.70. The second-order valence-corrected chi connectivity index (χ2v) is 2.97. The third kappa shape index (κ3) is 1.89. The Kier molecular flexibility index (Phi) is 2.71. The maximum absolute atomic E-state index is 10.4. The number of benzene rings is 1. The van der Waals surface area contributed by atoms with Crippen molar-refractivity contribution in [3.05, 3.63) is 37.9 Å². The van der Waals surface area contributed by atoms with Crippen molar-refractivity contribution in [1.82, 2.24) is 0 Å². The van der Waals surface area contributed by atoms with Crippen molar-refractivity contribution in [3.63, 3.8) is 0 Å². The normalized spacial score (nSPS) is 9.31. The van der Waals surface area contributed by atoms with Crippen LogP contribution < -0.4 is 0 Å². The second-order valence-electron chi connectivity index (χ2n) is 2.15. The Hall–Kier alpha value is -1.31. The van der Waals surface area contributed by atoms with Crippen LogP contribution in [0.25, 0.3) is 0 Å². The van der Waals surface area contributed by atoms with E-state index in [-0.39, 0.29) is 21.3 Å². The summed E-state index contributed by atoms with van der Waals surface area (Å²) in [7, 11) is 0. The maximum atomic E-state index is 10.4. The van der Waals surface area contributed by atoms with Crippen molar-refractivity contribution in [1.29, 1.82) is 5.26 Å². The fourth-order valence-corrected chi connectivity index (χ4v) is 1.19. The number of halogens is 2. The molecule has 0 aliphatic heterocycles. The average molecular weight is 217 g/mol. The molecule has 13 heavy (non-hydrogen) atoms. The summed E-state index contributed by atoms with van der Waals surface area (Å²) in [5.74, 6) is 0. The van der Waals surface area contributed by atoms with Crippen molar-refractivity contribution >= 4 is 28.9 Å². The van der Waals surface area contributed by atoms with Crippen LogP contribution in [-0.4, -0.2) is 4.92 Å². The van der Waals surface area contributed by atoms with Gasteiger partial charge in [0.2, 0.25) is 0 Å². The summed E-state index contributed by atoms with van der Waals surface area (Å²) in [5, 5.41) is 18.8. The van der Waals surface area contributed by atoms with Gasteiger partial charge in [-0.25, -0.2) is 0 Å². The first kappa shape index (κ1) is 9.78. The number of nitro benzene ring substituents is 1. The summed E-state index contributed by atoms with van der Waals surface area (Å²) in [6.45, 7) is 0. The zero-order valence-corrected chi connectivity index (χ0v) is 7.63. The number of hydrogen-bond acceptors (Lipinski definition) is 3. The van der Waals surface area contributed by atoms with Gasteiger partial charge in [0.15, 0.2) is 0 Å². The Balaban J connectivity index is 3.39. The highest BCUT2D eigenvalue weighted by atomic mass is 35.5. The monoisotopic (exact) mass is 216 g/mol. The smallest absolute Gasteiger partial charge is 0.258 e. The van der Waals surface area contributed by atoms with Crippen LogP contribution >= 0.6 is 23.2 Å². The van der Waals surface area contributed by atoms with Gasteiger partial charge in [-0.15, -0.1) is 0 Å². The quantitative estimate of drug-likeness (QED) is 0.536. The van der Waals surface area contributed by atoms with E-state index in [2.05, 4.69) is 0 Å². The lowest BCUT2D eigenvalue weighted by atomic mass is 10.2. The molecule has 0 aromatic heterocycles. The van der Waals surface area contributed by atoms with Gasteiger partial charge in [0.25, 0.3) is 5.69 Å². The maximum Gasteiger partial charge on any atom is 0.289 e. The van der Waals surface area contributed by atoms with Gasteiger partial charge in [-0.3, -0.25) is 10.1 Å². The van der Waals surface area contributed by atoms with Crippen molar-refractivity contribution in [3.8, 4) is 6.07 Å². The minimum Gasteiger partial charge on any atom is -0.258 e. The zero-order chi connectivity index (χ0) is 10.0. The molecule has 0 N–H and O–H groups in total. The summed E-state index contributed by atoms with van der Waals surface area (Å²) in [5.41, 5.74) is -0.178. The molecule has 0 spiro atoms. The average Bonchev–Trinajstić information content (AvgIpc) is 2.07. The molecule has 0 saturated heterocycles. The Morgan fingerprint density at radius 1 is 1.38 bits per heavy atom. The summed E-state index contributed by atoms with van der Waals surface area (Å²) in [6.07, 6.45) is 0. The molecule has 1 aromatic rings. The van der Waals surface area contributed by atoms with Gasteiger partial charge in [-0.2, -0.15) is 5.26 Å². The molecular formula is C7H2Cl2N2O2. The van der Waals surface area contributed by atoms with Gasteiger partial charge in [0, 0.05) is 6.07 Å². The molecule has 0 aliphatic rings. The van der Waals surface area contributed by atoms with Crippen LogP contribution in [0.5, 0.6) is 0 Å². The summed E-state index contributed by atoms with van der Waals surface area (Å²) >= 11 is 11.1. The van der Waals surface area contributed by atoms with Crippen LogP contribution in [0, 0.1) is 21.4 Å². The van der Waals surface area contributed by atoms with E-state index in [0.29, 0.717) is 0 Å². The minimum atomic E-state index is -0.657. The van der Waals surface area contributed by atoms with Gasteiger partial charge in [-0.05, 0) is 6.07 Å².